The van der Waals surface area contributed by atoms with Gasteiger partial charge in [-0.2, -0.15) is 5.48 Å². The summed E-state index contributed by atoms with van der Waals surface area (Å²) in [5.74, 6) is -2.77. The van der Waals surface area contributed by atoms with Crippen molar-refractivity contribution in [2.75, 3.05) is 58.0 Å². The number of ether oxygens (including phenoxy) is 4. The molecule has 0 saturated carbocycles. The minimum atomic E-state index is -0.868. The molecule has 0 spiro atoms. The third-order valence-electron chi connectivity index (χ3n) is 8.41. The summed E-state index contributed by atoms with van der Waals surface area (Å²) >= 11 is 0. The molecule has 2 atom stereocenters. The van der Waals surface area contributed by atoms with Crippen molar-refractivity contribution in [3.05, 3.63) is 41.7 Å². The number of ketones is 1. The Hall–Kier alpha value is -4.49. The highest BCUT2D eigenvalue weighted by atomic mass is 16.5. The minimum absolute atomic E-state index is 0.0309. The molecule has 0 saturated heterocycles. The number of hydroxylamine groups is 1. The molecule has 7 N–H and O–H groups in total. The smallest absolute Gasteiger partial charge is 0.312 e. The van der Waals surface area contributed by atoms with Crippen LogP contribution in [-0.4, -0.2) is 109 Å². The van der Waals surface area contributed by atoms with Gasteiger partial charge in [0.25, 0.3) is 0 Å². The number of aryl methyl sites for hydroxylation is 1. The van der Waals surface area contributed by atoms with Gasteiger partial charge in [0.2, 0.25) is 11.8 Å². The molecule has 0 fully saturated rings. The zero-order valence-corrected chi connectivity index (χ0v) is 33.5. The summed E-state index contributed by atoms with van der Waals surface area (Å²) in [5.41, 5.74) is 8.98. The van der Waals surface area contributed by atoms with E-state index in [4.69, 9.17) is 29.9 Å². The predicted octanol–water partition coefficient (Wildman–Crippen LogP) is 2.52. The molecule has 1 aromatic heterocycles. The van der Waals surface area contributed by atoms with E-state index in [2.05, 4.69) is 47.0 Å². The molecule has 2 aromatic rings. The number of hydrogen-bond donors (Lipinski definition) is 6. The summed E-state index contributed by atoms with van der Waals surface area (Å²) in [6.07, 6.45) is 3.73. The second kappa shape index (κ2) is 26.4. The van der Waals surface area contributed by atoms with E-state index in [1.165, 1.54) is 0 Å². The van der Waals surface area contributed by atoms with Crippen molar-refractivity contribution in [1.29, 1.82) is 0 Å². The van der Waals surface area contributed by atoms with Crippen molar-refractivity contribution in [3.8, 4) is 0 Å². The Balaban J connectivity index is 1.74. The zero-order chi connectivity index (χ0) is 41.3. The number of esters is 1. The van der Waals surface area contributed by atoms with Gasteiger partial charge in [0.1, 0.15) is 6.61 Å². The fourth-order valence-electron chi connectivity index (χ4n) is 5.21. The molecular weight excluding hydrogens is 728 g/mol. The number of nitrogens with one attached hydrogen (secondary N) is 4. The van der Waals surface area contributed by atoms with Gasteiger partial charge in [-0.25, -0.2) is 9.48 Å². The second-order valence-electron chi connectivity index (χ2n) is 14.9. The highest BCUT2D eigenvalue weighted by Crippen LogP contribution is 2.20. The second-order valence-corrected chi connectivity index (χ2v) is 14.9. The number of hydrogen-bond acceptors (Lipinski definition) is 13. The standard InChI is InChI=1S/C38H62N8O10/c1-27(2)35(43-33(48)24-41-52)32(47)23-29(7-6-15-40-37(39)51)36(50)42-30-10-8-28(9-11-30)26-56-34(49)13-12-31-25-46(45-44-31)16-18-54-20-22-55-21-19-53-17-14-38(3,4)5/h8-11,25,27,29,35,41,52H,6-7,12-24,26H2,1-5H3,(H,42,50)(H,43,48)(H3,39,40,51)/t29-,35+/m1/s1. The van der Waals surface area contributed by atoms with Gasteiger partial charge in [-0.05, 0) is 48.3 Å². The molecule has 0 radical (unpaired) electrons. The van der Waals surface area contributed by atoms with Crippen LogP contribution in [0.2, 0.25) is 0 Å². The summed E-state index contributed by atoms with van der Waals surface area (Å²) < 4.78 is 23.8. The number of Topliss-reactive ketones (excluding diaryl/α,β-unsaturated/α-hetero) is 1. The Morgan fingerprint density at radius 2 is 1.61 bits per heavy atom. The van der Waals surface area contributed by atoms with Gasteiger partial charge in [0.05, 0.1) is 64.3 Å². The Morgan fingerprint density at radius 1 is 0.946 bits per heavy atom. The summed E-state index contributed by atoms with van der Waals surface area (Å²) in [5, 5.41) is 24.9. The number of carbonyl (C=O) groups is 5. The van der Waals surface area contributed by atoms with Crippen molar-refractivity contribution < 1.29 is 48.1 Å². The molecule has 0 aliphatic carbocycles. The van der Waals surface area contributed by atoms with Crippen molar-refractivity contribution in [3.63, 3.8) is 0 Å². The molecular formula is C38H62N8O10. The zero-order valence-electron chi connectivity index (χ0n) is 33.5. The summed E-state index contributed by atoms with van der Waals surface area (Å²) in [6, 6.07) is 5.18. The number of urea groups is 1. The average Bonchev–Trinajstić information content (AvgIpc) is 3.59. The van der Waals surface area contributed by atoms with E-state index >= 15 is 0 Å². The minimum Gasteiger partial charge on any atom is -0.461 e. The Morgan fingerprint density at radius 3 is 2.23 bits per heavy atom. The van der Waals surface area contributed by atoms with Crippen LogP contribution in [0.3, 0.4) is 0 Å². The van der Waals surface area contributed by atoms with Gasteiger partial charge < -0.3 is 45.8 Å². The molecule has 0 aliphatic rings. The van der Waals surface area contributed by atoms with Crippen molar-refractivity contribution in [2.24, 2.45) is 23.0 Å². The van der Waals surface area contributed by atoms with Crippen molar-refractivity contribution >= 4 is 35.3 Å². The lowest BCUT2D eigenvalue weighted by Gasteiger charge is -2.24. The van der Waals surface area contributed by atoms with Crippen LogP contribution >= 0.6 is 0 Å². The number of amides is 4. The van der Waals surface area contributed by atoms with Crippen LogP contribution in [0.25, 0.3) is 0 Å². The molecule has 56 heavy (non-hydrogen) atoms. The summed E-state index contributed by atoms with van der Waals surface area (Å²) in [7, 11) is 0. The number of primary amides is 1. The number of nitrogens with zero attached hydrogens (tertiary/aromatic N) is 3. The molecule has 18 nitrogen and oxygen atoms in total. The number of benzene rings is 1. The number of anilines is 1. The van der Waals surface area contributed by atoms with Gasteiger partial charge in [-0.15, -0.1) is 5.10 Å². The Kier molecular flexibility index (Phi) is 22.5. The van der Waals surface area contributed by atoms with Crippen LogP contribution in [0.1, 0.15) is 78.0 Å². The van der Waals surface area contributed by atoms with Crippen LogP contribution in [0.15, 0.2) is 30.5 Å². The topological polar surface area (TPSA) is 247 Å². The maximum Gasteiger partial charge on any atom is 0.312 e. The monoisotopic (exact) mass is 790 g/mol. The van der Waals surface area contributed by atoms with Crippen LogP contribution in [0, 0.1) is 17.3 Å². The first kappa shape index (κ1) is 47.7. The van der Waals surface area contributed by atoms with Gasteiger partial charge in [-0.1, -0.05) is 52.0 Å². The van der Waals surface area contributed by atoms with E-state index in [0.29, 0.717) is 69.4 Å². The molecule has 314 valence electrons. The lowest BCUT2D eigenvalue weighted by Crippen LogP contribution is -2.48. The molecule has 0 aliphatic heterocycles. The number of aromatic nitrogens is 3. The Bertz CT molecular complexity index is 1480. The first-order valence-corrected chi connectivity index (χ1v) is 19.1. The van der Waals surface area contributed by atoms with Gasteiger partial charge in [0.15, 0.2) is 5.78 Å². The van der Waals surface area contributed by atoms with E-state index < -0.39 is 35.8 Å². The van der Waals surface area contributed by atoms with E-state index in [1.54, 1.807) is 54.5 Å². The van der Waals surface area contributed by atoms with Gasteiger partial charge in [0, 0.05) is 43.8 Å². The molecule has 4 amide bonds. The molecule has 0 bridgehead atoms. The van der Waals surface area contributed by atoms with E-state index in [0.717, 1.165) is 13.0 Å². The Labute approximate surface area is 329 Å². The van der Waals surface area contributed by atoms with E-state index in [1.807, 2.05) is 0 Å². The quantitative estimate of drug-likeness (QED) is 0.0395. The molecule has 0 unspecified atom stereocenters. The van der Waals surface area contributed by atoms with Gasteiger partial charge >= 0.3 is 12.0 Å². The molecule has 1 heterocycles. The van der Waals surface area contributed by atoms with E-state index in [9.17, 15) is 24.0 Å². The first-order valence-electron chi connectivity index (χ1n) is 19.1. The highest BCUT2D eigenvalue weighted by molar-refractivity contribution is 5.97. The highest BCUT2D eigenvalue weighted by Gasteiger charge is 2.29. The molecule has 2 rings (SSSR count). The third-order valence-corrected chi connectivity index (χ3v) is 8.41. The predicted molar refractivity (Wildman–Crippen MR) is 206 cm³/mol. The van der Waals surface area contributed by atoms with Crippen LogP contribution in [0.5, 0.6) is 0 Å². The fraction of sp³-hybridized carbons (Fsp3) is 0.658. The van der Waals surface area contributed by atoms with Gasteiger partial charge in [-0.3, -0.25) is 19.2 Å². The maximum absolute atomic E-state index is 13.3. The lowest BCUT2D eigenvalue weighted by atomic mass is 9.89. The largest absolute Gasteiger partial charge is 0.461 e. The molecule has 18 heteroatoms. The molecule has 1 aromatic carbocycles. The average molecular weight is 791 g/mol. The normalized spacial score (nSPS) is 12.6. The van der Waals surface area contributed by atoms with Crippen LogP contribution < -0.4 is 27.2 Å². The fourth-order valence-corrected chi connectivity index (χ4v) is 5.21. The third kappa shape index (κ3) is 21.6. The van der Waals surface area contributed by atoms with Crippen molar-refractivity contribution in [2.45, 2.75) is 92.3 Å². The number of carbonyl (C=O) groups excluding carboxylic acids is 5. The summed E-state index contributed by atoms with van der Waals surface area (Å²) in [6.45, 7) is 13.6. The van der Waals surface area contributed by atoms with Crippen LogP contribution in [-0.2, 0) is 57.7 Å². The maximum atomic E-state index is 13.3. The van der Waals surface area contributed by atoms with Crippen LogP contribution in [0.4, 0.5) is 10.5 Å². The SMILES string of the molecule is CC(C)[C@H](NC(=O)CNO)C(=O)C[C@@H](CCCNC(N)=O)C(=O)Nc1ccc(COC(=O)CCc2cn(CCOCCOCCOCCC(C)(C)C)nn2)cc1. The first-order chi connectivity index (χ1) is 26.7. The van der Waals surface area contributed by atoms with Crippen molar-refractivity contribution in [1.82, 2.24) is 31.1 Å². The number of nitrogens with two attached hydrogens (primary N) is 1. The summed E-state index contributed by atoms with van der Waals surface area (Å²) in [4.78, 5) is 62.1. The van der Waals surface area contributed by atoms with E-state index in [-0.39, 0.29) is 56.1 Å². The lowest BCUT2D eigenvalue weighted by molar-refractivity contribution is -0.145. The number of rotatable bonds is 29.